The van der Waals surface area contributed by atoms with Crippen LogP contribution in [0.5, 0.6) is 11.8 Å². The summed E-state index contributed by atoms with van der Waals surface area (Å²) < 4.78 is 138. The van der Waals surface area contributed by atoms with Gasteiger partial charge in [-0.15, -0.1) is 6.42 Å². The Bertz CT molecular complexity index is 2270. The van der Waals surface area contributed by atoms with E-state index in [4.69, 9.17) is 11.2 Å². The van der Waals surface area contributed by atoms with E-state index >= 15 is 17.6 Å². The molecule has 2 bridgehead atoms. The van der Waals surface area contributed by atoms with Crippen molar-refractivity contribution in [2.45, 2.75) is 69.1 Å². The molecule has 4 aromatic rings. The molecule has 9 nitrogen and oxygen atoms in total. The number of piperidine rings is 1. The third-order valence-electron chi connectivity index (χ3n) is 11.3. The smallest absolute Gasteiger partial charge is 0.471 e. The first kappa shape index (κ1) is 37.9. The van der Waals surface area contributed by atoms with Crippen LogP contribution in [0.3, 0.4) is 0 Å². The Morgan fingerprint density at radius 1 is 0.964 bits per heavy atom. The number of phenols is 1. The van der Waals surface area contributed by atoms with Crippen LogP contribution in [0, 0.1) is 29.4 Å². The number of carbonyl (C=O) groups excluding carboxylic acids is 1. The van der Waals surface area contributed by atoms with Crippen LogP contribution in [0.1, 0.15) is 49.8 Å². The number of anilines is 1. The van der Waals surface area contributed by atoms with Crippen LogP contribution < -0.4 is 9.64 Å². The molecule has 5 heterocycles. The Balaban J connectivity index is 1.28. The zero-order valence-electron chi connectivity index (χ0n) is 29.5. The first-order valence-corrected chi connectivity index (χ1v) is 18.0. The number of piperazine rings is 1. The average Bonchev–Trinajstić information content (AvgIpc) is 3.86. The first-order chi connectivity index (χ1) is 26.5. The van der Waals surface area contributed by atoms with Gasteiger partial charge in [0.1, 0.15) is 34.8 Å². The maximum absolute atomic E-state index is 17.1. The van der Waals surface area contributed by atoms with E-state index in [-0.39, 0.29) is 43.3 Å². The van der Waals surface area contributed by atoms with Crippen LogP contribution in [0.15, 0.2) is 24.3 Å². The molecule has 1 aliphatic carbocycles. The highest BCUT2D eigenvalue weighted by Gasteiger charge is 2.53. The van der Waals surface area contributed by atoms with Crippen LogP contribution >= 0.6 is 0 Å². The van der Waals surface area contributed by atoms with E-state index in [1.54, 1.807) is 0 Å². The Morgan fingerprint density at radius 3 is 2.25 bits per heavy atom. The highest BCUT2D eigenvalue weighted by Crippen LogP contribution is 2.48. The van der Waals surface area contributed by atoms with Crippen molar-refractivity contribution in [2.75, 3.05) is 44.2 Å². The van der Waals surface area contributed by atoms with Crippen LogP contribution in [0.2, 0.25) is 0 Å². The summed E-state index contributed by atoms with van der Waals surface area (Å²) in [6.45, 7) is 0.822. The summed E-state index contributed by atoms with van der Waals surface area (Å²) >= 11 is 0. The Hall–Kier alpha value is -5.05. The minimum atomic E-state index is -5.31. The zero-order chi connectivity index (χ0) is 39.9. The summed E-state index contributed by atoms with van der Waals surface area (Å²) in [5.74, 6) is -3.34. The predicted molar refractivity (Wildman–Crippen MR) is 184 cm³/mol. The fourth-order valence-corrected chi connectivity index (χ4v) is 8.39. The molecular formula is C38H33F9N6O3. The third kappa shape index (κ3) is 6.77. The second kappa shape index (κ2) is 13.6. The van der Waals surface area contributed by atoms with E-state index in [1.165, 1.54) is 17.0 Å². The monoisotopic (exact) mass is 792 g/mol. The lowest BCUT2D eigenvalue weighted by atomic mass is 9.95. The van der Waals surface area contributed by atoms with Crippen molar-refractivity contribution in [2.24, 2.45) is 5.41 Å². The highest BCUT2D eigenvalue weighted by molar-refractivity contribution is 6.03. The van der Waals surface area contributed by atoms with Crippen molar-refractivity contribution in [3.8, 4) is 35.4 Å². The van der Waals surface area contributed by atoms with Gasteiger partial charge in [-0.2, -0.15) is 36.3 Å². The van der Waals surface area contributed by atoms with Crippen LogP contribution in [0.25, 0.3) is 32.9 Å². The predicted octanol–water partition coefficient (Wildman–Crippen LogP) is 7.16. The fraction of sp³-hybridized carbons (Fsp3) is 0.474. The second-order valence-electron chi connectivity index (χ2n) is 15.1. The molecule has 8 rings (SSSR count). The molecule has 296 valence electrons. The number of nitrogens with zero attached hydrogens (tertiary/aromatic N) is 6. The van der Waals surface area contributed by atoms with Gasteiger partial charge >= 0.3 is 24.3 Å². The average molecular weight is 793 g/mol. The van der Waals surface area contributed by atoms with E-state index in [9.17, 15) is 31.9 Å². The van der Waals surface area contributed by atoms with E-state index in [0.717, 1.165) is 12.1 Å². The third-order valence-corrected chi connectivity index (χ3v) is 11.3. The first-order valence-electron chi connectivity index (χ1n) is 18.0. The van der Waals surface area contributed by atoms with Crippen molar-refractivity contribution in [1.82, 2.24) is 24.8 Å². The Morgan fingerprint density at radius 2 is 1.64 bits per heavy atom. The number of benzene rings is 2. The topological polar surface area (TPSA) is 94.9 Å². The highest BCUT2D eigenvalue weighted by atomic mass is 19.4. The van der Waals surface area contributed by atoms with Crippen LogP contribution in [-0.2, 0) is 11.0 Å². The molecule has 0 radical (unpaired) electrons. The number of ether oxygens (including phenoxy) is 1. The lowest BCUT2D eigenvalue weighted by Crippen LogP contribution is -2.59. The van der Waals surface area contributed by atoms with Crippen molar-refractivity contribution >= 4 is 33.4 Å². The van der Waals surface area contributed by atoms with Crippen molar-refractivity contribution in [3.63, 3.8) is 0 Å². The van der Waals surface area contributed by atoms with Gasteiger partial charge in [0.25, 0.3) is 0 Å². The van der Waals surface area contributed by atoms with E-state index in [2.05, 4.69) is 25.8 Å². The quantitative estimate of drug-likeness (QED) is 0.156. The maximum Gasteiger partial charge on any atom is 0.471 e. The molecular weight excluding hydrogens is 759 g/mol. The number of hydrogen-bond acceptors (Lipinski definition) is 8. The molecule has 2 atom stereocenters. The molecule has 18 heteroatoms. The molecule has 56 heavy (non-hydrogen) atoms. The number of carbonyl (C=O) groups is 1. The summed E-state index contributed by atoms with van der Waals surface area (Å²) in [7, 11) is 0. The number of pyridine rings is 1. The largest absolute Gasteiger partial charge is 0.508 e. The van der Waals surface area contributed by atoms with Gasteiger partial charge in [0.05, 0.1) is 29.6 Å². The standard InChI is InChI=1S/C38H33F9N6O3/c1-2-24-26(40)6-3-19-13-23(54)14-25(27(19)24)30-29(41)31-28(32(48-30)37(42,43)44)33(52-15-21-4-5-22(16-52)53(21)34(55)38(45,46)47)50-35(49-31)56-18-36(9-10-36)17-51-11-7-20(39)8-12-51/h1,3,6,13-14,20-22,54H,4-5,7-12,15-18H2. The second-order valence-corrected chi connectivity index (χ2v) is 15.1. The molecule has 2 aromatic carbocycles. The number of halogens is 9. The molecule has 1 amide bonds. The number of rotatable bonds is 7. The summed E-state index contributed by atoms with van der Waals surface area (Å²) in [4.78, 5) is 28.6. The van der Waals surface area contributed by atoms with Crippen LogP contribution in [0.4, 0.5) is 45.3 Å². The van der Waals surface area contributed by atoms with Gasteiger partial charge in [0.15, 0.2) is 11.5 Å². The number of amides is 1. The van der Waals surface area contributed by atoms with Gasteiger partial charge < -0.3 is 24.5 Å². The normalized spacial score (nSPS) is 21.5. The van der Waals surface area contributed by atoms with Crippen LogP contribution in [-0.4, -0.2) is 99.5 Å². The molecule has 4 fully saturated rings. The summed E-state index contributed by atoms with van der Waals surface area (Å²) in [6, 6.07) is 1.62. The molecule has 2 unspecified atom stereocenters. The van der Waals surface area contributed by atoms with Gasteiger partial charge in [-0.3, -0.25) is 4.79 Å². The van der Waals surface area contributed by atoms with E-state index in [0.29, 0.717) is 50.2 Å². The lowest BCUT2D eigenvalue weighted by molar-refractivity contribution is -0.188. The number of alkyl halides is 7. The Labute approximate surface area is 313 Å². The molecule has 3 aliphatic heterocycles. The fourth-order valence-electron chi connectivity index (χ4n) is 8.39. The van der Waals surface area contributed by atoms with Gasteiger partial charge in [-0.1, -0.05) is 12.0 Å². The SMILES string of the molecule is C#Cc1c(F)ccc2cc(O)cc(-c3nc(C(F)(F)F)c4c(N5CC6CCC(C5)N6C(=O)C(F)(F)F)nc(OCC5(CN6CCC(F)CC6)CC5)nc4c3F)c12. The van der Waals surface area contributed by atoms with Gasteiger partial charge in [0, 0.05) is 49.1 Å². The van der Waals surface area contributed by atoms with Gasteiger partial charge in [-0.25, -0.2) is 18.2 Å². The number of fused-ring (bicyclic) bond motifs is 4. The number of phenolic OH excluding ortho intramolecular Hbond substituents is 1. The van der Waals surface area contributed by atoms with Gasteiger partial charge in [-0.05, 0) is 62.1 Å². The molecule has 1 N–H and O–H groups in total. The molecule has 2 aromatic heterocycles. The number of hydrogen-bond donors (Lipinski definition) is 1. The summed E-state index contributed by atoms with van der Waals surface area (Å²) in [5, 5.41) is 9.51. The molecule has 3 saturated heterocycles. The number of likely N-dealkylation sites (tertiary alicyclic amines) is 1. The van der Waals surface area contributed by atoms with Crippen molar-refractivity contribution in [3.05, 3.63) is 47.2 Å². The maximum atomic E-state index is 17.1. The van der Waals surface area contributed by atoms with Crippen molar-refractivity contribution in [1.29, 1.82) is 0 Å². The van der Waals surface area contributed by atoms with Gasteiger partial charge in [0.2, 0.25) is 0 Å². The number of aromatic hydroxyl groups is 1. The minimum Gasteiger partial charge on any atom is -0.508 e. The number of aromatic nitrogens is 3. The number of terminal acetylenes is 1. The van der Waals surface area contributed by atoms with E-state index in [1.807, 2.05) is 0 Å². The Kier molecular flexibility index (Phi) is 9.17. The lowest BCUT2D eigenvalue weighted by Gasteiger charge is -2.42. The molecule has 0 spiro atoms. The van der Waals surface area contributed by atoms with E-state index < -0.39 is 105 Å². The molecule has 4 aliphatic rings. The summed E-state index contributed by atoms with van der Waals surface area (Å²) in [6.07, 6.45) is -3.40. The zero-order valence-corrected chi connectivity index (χ0v) is 29.5. The molecule has 1 saturated carbocycles. The van der Waals surface area contributed by atoms with Crippen molar-refractivity contribution < 1.29 is 54.2 Å². The minimum absolute atomic E-state index is 0.0275. The summed E-state index contributed by atoms with van der Waals surface area (Å²) in [5.41, 5.74) is -4.86.